The van der Waals surface area contributed by atoms with Crippen molar-refractivity contribution in [3.05, 3.63) is 71.3 Å². The number of aromatic nitrogens is 3. The number of hydrogen-bond acceptors (Lipinski definition) is 7. The predicted molar refractivity (Wildman–Crippen MR) is 113 cm³/mol. The van der Waals surface area contributed by atoms with E-state index in [1.807, 2.05) is 29.8 Å². The van der Waals surface area contributed by atoms with Crippen molar-refractivity contribution >= 4 is 27.3 Å². The molecule has 0 spiro atoms. The third kappa shape index (κ3) is 3.31. The number of aryl methyl sites for hydroxylation is 1. The molecule has 7 nitrogen and oxygen atoms in total. The maximum Gasteiger partial charge on any atom is 0.238 e. The first-order valence-electron chi connectivity index (χ1n) is 9.22. The molecule has 0 fully saturated rings. The molecule has 5 rings (SSSR count). The van der Waals surface area contributed by atoms with Crippen LogP contribution in [0.4, 0.5) is 0 Å². The van der Waals surface area contributed by atoms with Crippen LogP contribution in [0.5, 0.6) is 5.88 Å². The third-order valence-corrected chi connectivity index (χ3v) is 5.99. The molecule has 8 heteroatoms. The Bertz CT molecular complexity index is 1180. The molecule has 29 heavy (non-hydrogen) atoms. The second-order valence-corrected chi connectivity index (χ2v) is 7.88. The zero-order valence-electron chi connectivity index (χ0n) is 16.0. The summed E-state index contributed by atoms with van der Waals surface area (Å²) in [5, 5.41) is 8.88. The first-order chi connectivity index (χ1) is 14.2. The zero-order chi connectivity index (χ0) is 19.8. The first kappa shape index (κ1) is 17.7. The Hall–Kier alpha value is -3.39. The number of hydrogen-bond donors (Lipinski definition) is 1. The van der Waals surface area contributed by atoms with Gasteiger partial charge in [0, 0.05) is 15.8 Å². The summed E-state index contributed by atoms with van der Waals surface area (Å²) < 4.78 is 8.65. The van der Waals surface area contributed by atoms with E-state index in [0.717, 1.165) is 11.4 Å². The van der Waals surface area contributed by atoms with Crippen molar-refractivity contribution < 1.29 is 9.57 Å². The van der Waals surface area contributed by atoms with Crippen molar-refractivity contribution in [1.82, 2.24) is 19.9 Å². The predicted octanol–water partition coefficient (Wildman–Crippen LogP) is 3.82. The number of thiophene rings is 1. The summed E-state index contributed by atoms with van der Waals surface area (Å²) in [6.45, 7) is 2.41. The maximum atomic E-state index is 5.53. The van der Waals surface area contributed by atoms with Crippen molar-refractivity contribution in [3.63, 3.8) is 0 Å². The lowest BCUT2D eigenvalue weighted by atomic mass is 10.2. The molecular weight excluding hydrogens is 386 g/mol. The van der Waals surface area contributed by atoms with Crippen LogP contribution in [-0.4, -0.2) is 34.1 Å². The number of methoxy groups -OCH3 is 1. The topological polar surface area (TPSA) is 73.6 Å². The monoisotopic (exact) mass is 405 g/mol. The van der Waals surface area contributed by atoms with Crippen LogP contribution >= 0.6 is 11.3 Å². The van der Waals surface area contributed by atoms with Gasteiger partial charge in [0.2, 0.25) is 5.88 Å². The fraction of sp³-hybridized carbons (Fsp3) is 0.190. The van der Waals surface area contributed by atoms with Gasteiger partial charge in [-0.25, -0.2) is 9.97 Å². The van der Waals surface area contributed by atoms with Gasteiger partial charge in [0.05, 0.1) is 25.2 Å². The molecule has 0 amide bonds. The highest BCUT2D eigenvalue weighted by Crippen LogP contribution is 2.31. The lowest BCUT2D eigenvalue weighted by Gasteiger charge is -2.23. The Labute approximate surface area is 171 Å². The van der Waals surface area contributed by atoms with Crippen LogP contribution in [0.2, 0.25) is 0 Å². The van der Waals surface area contributed by atoms with Gasteiger partial charge in [0.15, 0.2) is 5.84 Å². The van der Waals surface area contributed by atoms with Crippen LogP contribution in [-0.2, 0) is 4.84 Å². The number of nitrogens with one attached hydrogen (secondary N) is 1. The number of ether oxygens (including phenoxy) is 1. The van der Waals surface area contributed by atoms with Crippen molar-refractivity contribution in [1.29, 1.82) is 0 Å². The van der Waals surface area contributed by atoms with Crippen LogP contribution in [0, 0.1) is 6.92 Å². The normalized spacial score (nSPS) is 16.2. The number of nitrogens with zero attached hydrogens (tertiary/aromatic N) is 4. The van der Waals surface area contributed by atoms with E-state index in [2.05, 4.69) is 50.8 Å². The Kier molecular flexibility index (Phi) is 4.40. The van der Waals surface area contributed by atoms with E-state index in [1.54, 1.807) is 24.8 Å². The van der Waals surface area contributed by atoms with Gasteiger partial charge in [-0.3, -0.25) is 0 Å². The summed E-state index contributed by atoms with van der Waals surface area (Å²) in [6.07, 6.45) is 3.67. The molecule has 4 aromatic rings. The lowest BCUT2D eigenvalue weighted by Crippen LogP contribution is -2.36. The van der Waals surface area contributed by atoms with Crippen LogP contribution in [0.15, 0.2) is 60.1 Å². The molecule has 4 heterocycles. The van der Waals surface area contributed by atoms with Gasteiger partial charge >= 0.3 is 0 Å². The second-order valence-electron chi connectivity index (χ2n) is 6.77. The molecule has 0 saturated heterocycles. The van der Waals surface area contributed by atoms with Crippen LogP contribution in [0.25, 0.3) is 15.8 Å². The molecule has 1 N–H and O–H groups in total. The van der Waals surface area contributed by atoms with E-state index < -0.39 is 0 Å². The van der Waals surface area contributed by atoms with Crippen LogP contribution in [0.1, 0.15) is 22.3 Å². The smallest absolute Gasteiger partial charge is 0.238 e. The average molecular weight is 405 g/mol. The fourth-order valence-corrected chi connectivity index (χ4v) is 4.42. The molecule has 0 radical (unpaired) electrons. The van der Waals surface area contributed by atoms with Crippen molar-refractivity contribution in [2.75, 3.05) is 13.7 Å². The number of fused-ring (bicyclic) bond motifs is 1. The number of oxime groups is 1. The Balaban J connectivity index is 1.43. The van der Waals surface area contributed by atoms with Gasteiger partial charge < -0.3 is 19.5 Å². The van der Waals surface area contributed by atoms with Crippen molar-refractivity contribution in [2.24, 2.45) is 5.16 Å². The van der Waals surface area contributed by atoms with Gasteiger partial charge in [-0.1, -0.05) is 23.4 Å². The van der Waals surface area contributed by atoms with Gasteiger partial charge in [0.25, 0.3) is 0 Å². The minimum atomic E-state index is 0.0173. The number of rotatable bonds is 4. The average Bonchev–Trinajstić information content (AvgIpc) is 3.39. The van der Waals surface area contributed by atoms with Crippen molar-refractivity contribution in [3.8, 4) is 11.6 Å². The summed E-state index contributed by atoms with van der Waals surface area (Å²) in [6, 6.07) is 14.4. The molecule has 1 aromatic carbocycles. The van der Waals surface area contributed by atoms with E-state index in [-0.39, 0.29) is 6.04 Å². The molecule has 146 valence electrons. The number of benzene rings is 1. The molecule has 1 aliphatic rings. The fourth-order valence-electron chi connectivity index (χ4n) is 3.32. The lowest BCUT2D eigenvalue weighted by molar-refractivity contribution is 0.110. The quantitative estimate of drug-likeness (QED) is 0.559. The van der Waals surface area contributed by atoms with Crippen molar-refractivity contribution in [2.45, 2.75) is 13.0 Å². The zero-order valence-corrected chi connectivity index (χ0v) is 16.8. The summed E-state index contributed by atoms with van der Waals surface area (Å²) in [7, 11) is 1.60. The molecule has 1 unspecified atom stereocenters. The molecule has 0 bridgehead atoms. The van der Waals surface area contributed by atoms with Crippen LogP contribution in [0.3, 0.4) is 0 Å². The molecule has 1 aliphatic heterocycles. The molecule has 3 aromatic heterocycles. The highest BCUT2D eigenvalue weighted by molar-refractivity contribution is 7.19. The maximum absolute atomic E-state index is 5.53. The van der Waals surface area contributed by atoms with E-state index in [4.69, 9.17) is 9.57 Å². The van der Waals surface area contributed by atoms with Gasteiger partial charge in [-0.2, -0.15) is 0 Å². The summed E-state index contributed by atoms with van der Waals surface area (Å²) >= 11 is 1.76. The number of amidine groups is 1. The minimum Gasteiger partial charge on any atom is -0.479 e. The SMILES string of the molecule is COc1nc(C2=NOCC(c3cc4ccccc4s3)N2)ccc1-n1cnc(C)c1. The van der Waals surface area contributed by atoms with E-state index in [1.165, 1.54) is 15.0 Å². The van der Waals surface area contributed by atoms with Gasteiger partial charge in [-0.05, 0) is 36.6 Å². The second kappa shape index (κ2) is 7.21. The molecule has 0 saturated carbocycles. The Morgan fingerprint density at radius 2 is 2.14 bits per heavy atom. The third-order valence-electron chi connectivity index (χ3n) is 4.76. The van der Waals surface area contributed by atoms with E-state index in [9.17, 15) is 0 Å². The standard InChI is InChI=1S/C21H19N5O2S/c1-13-10-26(12-22-13)17-8-7-15(24-21(17)27-2)20-23-16(11-28-25-20)19-9-14-5-3-4-6-18(14)29-19/h3-10,12,16H,11H2,1-2H3,(H,23,25). The first-order valence-corrected chi connectivity index (χ1v) is 10.0. The largest absolute Gasteiger partial charge is 0.479 e. The molecule has 1 atom stereocenters. The van der Waals surface area contributed by atoms with Gasteiger partial charge in [-0.15, -0.1) is 11.3 Å². The highest BCUT2D eigenvalue weighted by atomic mass is 32.1. The number of pyridine rings is 1. The van der Waals surface area contributed by atoms with E-state index >= 15 is 0 Å². The summed E-state index contributed by atoms with van der Waals surface area (Å²) in [4.78, 5) is 15.6. The summed E-state index contributed by atoms with van der Waals surface area (Å²) in [5.41, 5.74) is 2.40. The van der Waals surface area contributed by atoms with Crippen LogP contribution < -0.4 is 10.1 Å². The number of imidazole rings is 1. The molecule has 0 aliphatic carbocycles. The summed E-state index contributed by atoms with van der Waals surface area (Å²) in [5.74, 6) is 1.08. The Morgan fingerprint density at radius 1 is 1.24 bits per heavy atom. The highest BCUT2D eigenvalue weighted by Gasteiger charge is 2.23. The van der Waals surface area contributed by atoms with Gasteiger partial charge in [0.1, 0.15) is 18.0 Å². The molecular formula is C21H19N5O2S. The van der Waals surface area contributed by atoms with E-state index in [0.29, 0.717) is 24.0 Å². The minimum absolute atomic E-state index is 0.0173. The Morgan fingerprint density at radius 3 is 2.93 bits per heavy atom.